The Balaban J connectivity index is 2.29. The molecular weight excluding hydrogens is 248 g/mol. The lowest BCUT2D eigenvalue weighted by Gasteiger charge is -2.08. The van der Waals surface area contributed by atoms with Crippen molar-refractivity contribution >= 4 is 11.8 Å². The Hall–Kier alpha value is -2.70. The molecule has 0 bridgehead atoms. The maximum absolute atomic E-state index is 11.3. The first-order valence-electron chi connectivity index (χ1n) is 5.53. The Morgan fingerprint density at radius 1 is 1.26 bits per heavy atom. The van der Waals surface area contributed by atoms with E-state index in [0.29, 0.717) is 5.56 Å². The molecule has 2 amide bonds. The summed E-state index contributed by atoms with van der Waals surface area (Å²) in [4.78, 5) is 22.3. The van der Waals surface area contributed by atoms with Crippen LogP contribution in [-0.4, -0.2) is 22.0 Å². The van der Waals surface area contributed by atoms with E-state index in [1.54, 1.807) is 12.1 Å². The van der Waals surface area contributed by atoms with Crippen molar-refractivity contribution in [2.24, 2.45) is 5.73 Å². The minimum absolute atomic E-state index is 0.0402. The van der Waals surface area contributed by atoms with Crippen molar-refractivity contribution in [2.45, 2.75) is 13.0 Å². The lowest BCUT2D eigenvalue weighted by Crippen LogP contribution is -2.36. The van der Waals surface area contributed by atoms with Crippen molar-refractivity contribution < 1.29 is 14.0 Å². The van der Waals surface area contributed by atoms with Crippen LogP contribution >= 0.6 is 0 Å². The smallest absolute Gasteiger partial charge is 0.249 e. The molecule has 98 valence electrons. The van der Waals surface area contributed by atoms with Gasteiger partial charge in [-0.3, -0.25) is 9.59 Å². The molecule has 2 aromatic rings. The number of nitrogens with two attached hydrogens (primary N) is 1. The zero-order valence-electron chi connectivity index (χ0n) is 10.2. The van der Waals surface area contributed by atoms with Crippen molar-refractivity contribution in [3.05, 3.63) is 36.2 Å². The van der Waals surface area contributed by atoms with Gasteiger partial charge in [-0.05, 0) is 12.1 Å². The molecule has 0 spiro atoms. The van der Waals surface area contributed by atoms with Gasteiger partial charge in [-0.1, -0.05) is 18.2 Å². The van der Waals surface area contributed by atoms with Gasteiger partial charge >= 0.3 is 0 Å². The van der Waals surface area contributed by atoms with Crippen LogP contribution in [-0.2, 0) is 9.59 Å². The van der Waals surface area contributed by atoms with Crippen LogP contribution in [0, 0.1) is 0 Å². The number of carbonyl (C=O) groups is 2. The number of hydrogen-bond donors (Lipinski definition) is 2. The standard InChI is InChI=1S/C12H12N4O3/c1-7(17)14-9(10(13)18)12-16-15-11(19-12)8-5-3-2-4-6-8/h2-6,9H,1H3,(H2,13,18)(H,14,17)/t9-/m0/s1. The van der Waals surface area contributed by atoms with Gasteiger partial charge in [0.15, 0.2) is 6.04 Å². The molecule has 0 saturated heterocycles. The van der Waals surface area contributed by atoms with Gasteiger partial charge < -0.3 is 15.5 Å². The van der Waals surface area contributed by atoms with Gasteiger partial charge in [0.2, 0.25) is 23.6 Å². The molecule has 19 heavy (non-hydrogen) atoms. The number of carbonyl (C=O) groups excluding carboxylic acids is 2. The van der Waals surface area contributed by atoms with Gasteiger partial charge in [-0.2, -0.15) is 0 Å². The Morgan fingerprint density at radius 2 is 1.95 bits per heavy atom. The molecule has 1 heterocycles. The highest BCUT2D eigenvalue weighted by molar-refractivity contribution is 5.85. The first-order chi connectivity index (χ1) is 9.08. The predicted octanol–water partition coefficient (Wildman–Crippen LogP) is 0.399. The monoisotopic (exact) mass is 260 g/mol. The highest BCUT2D eigenvalue weighted by atomic mass is 16.4. The van der Waals surface area contributed by atoms with Crippen molar-refractivity contribution in [1.29, 1.82) is 0 Å². The third kappa shape index (κ3) is 2.95. The molecule has 0 aliphatic rings. The number of nitrogens with zero attached hydrogens (tertiary/aromatic N) is 2. The molecule has 1 aromatic carbocycles. The van der Waals surface area contributed by atoms with E-state index in [9.17, 15) is 9.59 Å². The van der Waals surface area contributed by atoms with Crippen LogP contribution < -0.4 is 11.1 Å². The van der Waals surface area contributed by atoms with E-state index in [0.717, 1.165) is 0 Å². The second kappa shape index (κ2) is 5.30. The van der Waals surface area contributed by atoms with Crippen molar-refractivity contribution in [3.8, 4) is 11.5 Å². The summed E-state index contributed by atoms with van der Waals surface area (Å²) in [5.74, 6) is -0.963. The van der Waals surface area contributed by atoms with Crippen LogP contribution in [0.2, 0.25) is 0 Å². The van der Waals surface area contributed by atoms with Gasteiger partial charge in [0.25, 0.3) is 0 Å². The van der Waals surface area contributed by atoms with Crippen molar-refractivity contribution in [2.75, 3.05) is 0 Å². The molecular formula is C12H12N4O3. The molecule has 2 rings (SSSR count). The molecule has 0 aliphatic carbocycles. The van der Waals surface area contributed by atoms with Crippen LogP contribution in [0.5, 0.6) is 0 Å². The van der Waals surface area contributed by atoms with Crippen molar-refractivity contribution in [3.63, 3.8) is 0 Å². The van der Waals surface area contributed by atoms with Crippen LogP contribution in [0.15, 0.2) is 34.7 Å². The van der Waals surface area contributed by atoms with E-state index in [-0.39, 0.29) is 11.8 Å². The zero-order valence-corrected chi connectivity index (χ0v) is 10.2. The van der Waals surface area contributed by atoms with Gasteiger partial charge in [-0.25, -0.2) is 0 Å². The molecule has 0 fully saturated rings. The first kappa shape index (κ1) is 12.7. The van der Waals surface area contributed by atoms with Gasteiger partial charge in [-0.15, -0.1) is 10.2 Å². The number of rotatable bonds is 4. The average Bonchev–Trinajstić information content (AvgIpc) is 2.86. The molecule has 7 nitrogen and oxygen atoms in total. The third-order valence-corrected chi connectivity index (χ3v) is 2.34. The van der Waals surface area contributed by atoms with E-state index < -0.39 is 17.9 Å². The normalized spacial score (nSPS) is 11.8. The number of hydrogen-bond acceptors (Lipinski definition) is 5. The number of nitrogens with one attached hydrogen (secondary N) is 1. The minimum Gasteiger partial charge on any atom is -0.418 e. The van der Waals surface area contributed by atoms with Gasteiger partial charge in [0.05, 0.1) is 0 Å². The molecule has 1 aromatic heterocycles. The summed E-state index contributed by atoms with van der Waals surface area (Å²) in [7, 11) is 0. The highest BCUT2D eigenvalue weighted by Crippen LogP contribution is 2.20. The number of amides is 2. The molecule has 0 unspecified atom stereocenters. The van der Waals surface area contributed by atoms with Gasteiger partial charge in [0.1, 0.15) is 0 Å². The fourth-order valence-electron chi connectivity index (χ4n) is 1.51. The summed E-state index contributed by atoms with van der Waals surface area (Å²) in [5, 5.41) is 9.91. The topological polar surface area (TPSA) is 111 Å². The highest BCUT2D eigenvalue weighted by Gasteiger charge is 2.25. The van der Waals surface area contributed by atoms with Crippen molar-refractivity contribution in [1.82, 2.24) is 15.5 Å². The number of benzene rings is 1. The second-order valence-electron chi connectivity index (χ2n) is 3.85. The third-order valence-electron chi connectivity index (χ3n) is 2.34. The predicted molar refractivity (Wildman–Crippen MR) is 65.5 cm³/mol. The SMILES string of the molecule is CC(=O)N[C@@H](C(N)=O)c1nnc(-c2ccccc2)o1. The summed E-state index contributed by atoms with van der Waals surface area (Å²) < 4.78 is 5.36. The minimum atomic E-state index is -1.12. The summed E-state index contributed by atoms with van der Waals surface area (Å²) in [6.07, 6.45) is 0. The number of primary amides is 1. The Morgan fingerprint density at radius 3 is 2.53 bits per heavy atom. The van der Waals surface area contributed by atoms with E-state index in [4.69, 9.17) is 10.2 Å². The molecule has 1 atom stereocenters. The van der Waals surface area contributed by atoms with Crippen LogP contribution in [0.4, 0.5) is 0 Å². The summed E-state index contributed by atoms with van der Waals surface area (Å²) in [6.45, 7) is 1.27. The Labute approximate surface area is 108 Å². The fraction of sp³-hybridized carbons (Fsp3) is 0.167. The maximum atomic E-state index is 11.3. The Bertz CT molecular complexity index is 594. The van der Waals surface area contributed by atoms with Gasteiger partial charge in [0, 0.05) is 12.5 Å². The van der Waals surface area contributed by atoms with Crippen LogP contribution in [0.25, 0.3) is 11.5 Å². The molecule has 3 N–H and O–H groups in total. The summed E-state index contributed by atoms with van der Waals surface area (Å²) >= 11 is 0. The maximum Gasteiger partial charge on any atom is 0.249 e. The molecule has 0 radical (unpaired) electrons. The van der Waals surface area contributed by atoms with E-state index >= 15 is 0 Å². The second-order valence-corrected chi connectivity index (χ2v) is 3.85. The lowest BCUT2D eigenvalue weighted by atomic mass is 10.2. The quantitative estimate of drug-likeness (QED) is 0.826. The first-order valence-corrected chi connectivity index (χ1v) is 5.53. The number of aromatic nitrogens is 2. The average molecular weight is 260 g/mol. The summed E-state index contributed by atoms with van der Waals surface area (Å²) in [6, 6.07) is 7.94. The van der Waals surface area contributed by atoms with E-state index in [1.165, 1.54) is 6.92 Å². The fourth-order valence-corrected chi connectivity index (χ4v) is 1.51. The molecule has 0 aliphatic heterocycles. The molecule has 0 saturated carbocycles. The zero-order chi connectivity index (χ0) is 13.8. The van der Waals surface area contributed by atoms with Crippen LogP contribution in [0.1, 0.15) is 18.9 Å². The lowest BCUT2D eigenvalue weighted by molar-refractivity contribution is -0.126. The largest absolute Gasteiger partial charge is 0.418 e. The summed E-state index contributed by atoms with van der Waals surface area (Å²) in [5.41, 5.74) is 5.90. The van der Waals surface area contributed by atoms with Crippen LogP contribution in [0.3, 0.4) is 0 Å². The van der Waals surface area contributed by atoms with E-state index in [2.05, 4.69) is 15.5 Å². The molecule has 7 heteroatoms. The Kier molecular flexibility index (Phi) is 3.56. The van der Waals surface area contributed by atoms with E-state index in [1.807, 2.05) is 18.2 Å².